The number of benzene rings is 1. The van der Waals surface area contributed by atoms with Crippen molar-refractivity contribution in [3.63, 3.8) is 0 Å². The number of rotatable bonds is 3. The molecule has 1 fully saturated rings. The van der Waals surface area contributed by atoms with Crippen LogP contribution in [0.1, 0.15) is 29.6 Å². The second-order valence-electron chi connectivity index (χ2n) is 3.53. The summed E-state index contributed by atoms with van der Waals surface area (Å²) in [6.45, 7) is 0.319. The van der Waals surface area contributed by atoms with Gasteiger partial charge in [0.1, 0.15) is 6.54 Å². The molecule has 2 heteroatoms. The monoisotopic (exact) mass is 187 g/mol. The van der Waals surface area contributed by atoms with E-state index >= 15 is 0 Å². The van der Waals surface area contributed by atoms with Gasteiger partial charge in [0.05, 0.1) is 0 Å². The quantitative estimate of drug-likeness (QED) is 0.668. The lowest BCUT2D eigenvalue weighted by atomic mass is 9.97. The minimum absolute atomic E-state index is 0.116. The van der Waals surface area contributed by atoms with Gasteiger partial charge in [-0.15, -0.1) is 0 Å². The van der Waals surface area contributed by atoms with E-state index in [1.165, 1.54) is 12.1 Å². The van der Waals surface area contributed by atoms with Gasteiger partial charge in [-0.2, -0.15) is 0 Å². The van der Waals surface area contributed by atoms with E-state index in [2.05, 4.69) is 4.99 Å². The van der Waals surface area contributed by atoms with Crippen LogP contribution in [-0.2, 0) is 0 Å². The molecule has 0 aromatic heterocycles. The standard InChI is InChI=1S/C12H13NO/c14-12(9-13-11-7-4-8-11)10-5-2-1-3-6-10/h1-3,5-6H,4,7-9H2. The number of Topliss-reactive ketones (excluding diaryl/α,β-unsaturated/α-hetero) is 1. The number of hydrogen-bond acceptors (Lipinski definition) is 2. The molecular formula is C12H13NO. The van der Waals surface area contributed by atoms with Gasteiger partial charge in [0, 0.05) is 11.3 Å². The number of carbonyl (C=O) groups excluding carboxylic acids is 1. The van der Waals surface area contributed by atoms with Crippen molar-refractivity contribution in [1.29, 1.82) is 0 Å². The van der Waals surface area contributed by atoms with Crippen LogP contribution in [0.15, 0.2) is 35.3 Å². The molecule has 1 aliphatic rings. The Kier molecular flexibility index (Phi) is 2.73. The van der Waals surface area contributed by atoms with E-state index in [-0.39, 0.29) is 5.78 Å². The van der Waals surface area contributed by atoms with Crippen LogP contribution >= 0.6 is 0 Å². The van der Waals surface area contributed by atoms with Crippen LogP contribution in [0.4, 0.5) is 0 Å². The fraction of sp³-hybridized carbons (Fsp3) is 0.333. The first-order valence-electron chi connectivity index (χ1n) is 4.97. The fourth-order valence-corrected chi connectivity index (χ4v) is 1.39. The minimum atomic E-state index is 0.116. The molecule has 0 spiro atoms. The Hall–Kier alpha value is -1.44. The van der Waals surface area contributed by atoms with Gasteiger partial charge >= 0.3 is 0 Å². The average molecular weight is 187 g/mol. The Morgan fingerprint density at radius 2 is 1.93 bits per heavy atom. The first-order valence-corrected chi connectivity index (χ1v) is 4.97. The van der Waals surface area contributed by atoms with Crippen LogP contribution in [0.25, 0.3) is 0 Å². The molecule has 0 heterocycles. The zero-order chi connectivity index (χ0) is 9.80. The first kappa shape index (κ1) is 9.13. The van der Waals surface area contributed by atoms with Crippen LogP contribution in [0.3, 0.4) is 0 Å². The van der Waals surface area contributed by atoms with Crippen molar-refractivity contribution in [1.82, 2.24) is 0 Å². The number of hydrogen-bond donors (Lipinski definition) is 0. The van der Waals surface area contributed by atoms with Gasteiger partial charge in [0.25, 0.3) is 0 Å². The van der Waals surface area contributed by atoms with Crippen LogP contribution in [0, 0.1) is 0 Å². The molecule has 0 saturated heterocycles. The molecule has 1 aromatic rings. The van der Waals surface area contributed by atoms with E-state index in [0.29, 0.717) is 6.54 Å². The second kappa shape index (κ2) is 4.18. The molecule has 0 atom stereocenters. The predicted octanol–water partition coefficient (Wildman–Crippen LogP) is 2.49. The highest BCUT2D eigenvalue weighted by atomic mass is 16.1. The molecule has 0 radical (unpaired) electrons. The highest BCUT2D eigenvalue weighted by molar-refractivity contribution is 5.99. The Morgan fingerprint density at radius 3 is 2.50 bits per heavy atom. The van der Waals surface area contributed by atoms with Crippen molar-refractivity contribution in [2.45, 2.75) is 19.3 Å². The molecule has 2 nitrogen and oxygen atoms in total. The highest BCUT2D eigenvalue weighted by Gasteiger charge is 2.10. The van der Waals surface area contributed by atoms with Gasteiger partial charge in [-0.05, 0) is 19.3 Å². The SMILES string of the molecule is O=C(CN=C1CCC1)c1ccccc1. The summed E-state index contributed by atoms with van der Waals surface area (Å²) in [7, 11) is 0. The van der Waals surface area contributed by atoms with E-state index in [4.69, 9.17) is 0 Å². The molecule has 0 unspecified atom stereocenters. The Labute approximate surface area is 83.7 Å². The second-order valence-corrected chi connectivity index (χ2v) is 3.53. The summed E-state index contributed by atoms with van der Waals surface area (Å²) in [5.41, 5.74) is 1.96. The van der Waals surface area contributed by atoms with Crippen molar-refractivity contribution in [3.8, 4) is 0 Å². The maximum absolute atomic E-state index is 11.6. The summed E-state index contributed by atoms with van der Waals surface area (Å²) in [4.78, 5) is 15.9. The Balaban J connectivity index is 1.96. The van der Waals surface area contributed by atoms with Crippen LogP contribution in [0.5, 0.6) is 0 Å². The molecule has 1 aromatic carbocycles. The predicted molar refractivity (Wildman–Crippen MR) is 56.9 cm³/mol. The maximum Gasteiger partial charge on any atom is 0.184 e. The lowest BCUT2D eigenvalue weighted by Gasteiger charge is -2.13. The third-order valence-electron chi connectivity index (χ3n) is 2.47. The van der Waals surface area contributed by atoms with Gasteiger partial charge in [-0.3, -0.25) is 9.79 Å². The van der Waals surface area contributed by atoms with Gasteiger partial charge in [0.2, 0.25) is 0 Å². The molecule has 14 heavy (non-hydrogen) atoms. The van der Waals surface area contributed by atoms with E-state index in [1.54, 1.807) is 0 Å². The van der Waals surface area contributed by atoms with Crippen molar-refractivity contribution in [2.24, 2.45) is 4.99 Å². The van der Waals surface area contributed by atoms with Gasteiger partial charge in [-0.1, -0.05) is 30.3 Å². The molecule has 2 rings (SSSR count). The van der Waals surface area contributed by atoms with Crippen LogP contribution in [-0.4, -0.2) is 18.0 Å². The van der Waals surface area contributed by atoms with Gasteiger partial charge < -0.3 is 0 Å². The number of carbonyl (C=O) groups is 1. The largest absolute Gasteiger partial charge is 0.292 e. The Morgan fingerprint density at radius 1 is 1.21 bits per heavy atom. The summed E-state index contributed by atoms with van der Waals surface area (Å²) < 4.78 is 0. The molecular weight excluding hydrogens is 174 g/mol. The summed E-state index contributed by atoms with van der Waals surface area (Å²) in [6, 6.07) is 9.34. The van der Waals surface area contributed by atoms with E-state index < -0.39 is 0 Å². The zero-order valence-electron chi connectivity index (χ0n) is 8.07. The zero-order valence-corrected chi connectivity index (χ0v) is 8.07. The minimum Gasteiger partial charge on any atom is -0.292 e. The normalized spacial score (nSPS) is 14.7. The number of ketones is 1. The molecule has 0 amide bonds. The average Bonchev–Trinajstić information content (AvgIpc) is 2.16. The highest BCUT2D eigenvalue weighted by Crippen LogP contribution is 2.14. The number of nitrogens with zero attached hydrogens (tertiary/aromatic N) is 1. The fourth-order valence-electron chi connectivity index (χ4n) is 1.39. The molecule has 0 N–H and O–H groups in total. The topological polar surface area (TPSA) is 29.4 Å². The van der Waals surface area contributed by atoms with Crippen molar-refractivity contribution < 1.29 is 4.79 Å². The van der Waals surface area contributed by atoms with Crippen LogP contribution < -0.4 is 0 Å². The summed E-state index contributed by atoms with van der Waals surface area (Å²) in [5.74, 6) is 0.116. The van der Waals surface area contributed by atoms with Gasteiger partial charge in [0.15, 0.2) is 5.78 Å². The van der Waals surface area contributed by atoms with E-state index in [9.17, 15) is 4.79 Å². The van der Waals surface area contributed by atoms with Crippen molar-refractivity contribution in [2.75, 3.05) is 6.54 Å². The first-order chi connectivity index (χ1) is 6.86. The lowest BCUT2D eigenvalue weighted by Crippen LogP contribution is -2.13. The number of aliphatic imine (C=N–C) groups is 1. The van der Waals surface area contributed by atoms with Crippen molar-refractivity contribution in [3.05, 3.63) is 35.9 Å². The van der Waals surface area contributed by atoms with Gasteiger partial charge in [-0.25, -0.2) is 0 Å². The van der Waals surface area contributed by atoms with Crippen molar-refractivity contribution >= 4 is 11.5 Å². The molecule has 1 saturated carbocycles. The lowest BCUT2D eigenvalue weighted by molar-refractivity contribution is 0.100. The smallest absolute Gasteiger partial charge is 0.184 e. The molecule has 1 aliphatic carbocycles. The molecule has 72 valence electrons. The summed E-state index contributed by atoms with van der Waals surface area (Å²) >= 11 is 0. The third kappa shape index (κ3) is 2.08. The van der Waals surface area contributed by atoms with E-state index in [1.807, 2.05) is 30.3 Å². The summed E-state index contributed by atoms with van der Waals surface area (Å²) in [5, 5.41) is 0. The molecule has 0 bridgehead atoms. The van der Waals surface area contributed by atoms with E-state index in [0.717, 1.165) is 18.4 Å². The molecule has 0 aliphatic heterocycles. The third-order valence-corrected chi connectivity index (χ3v) is 2.47. The van der Waals surface area contributed by atoms with Crippen LogP contribution in [0.2, 0.25) is 0 Å². The summed E-state index contributed by atoms with van der Waals surface area (Å²) in [6.07, 6.45) is 3.41. The maximum atomic E-state index is 11.6. The Bertz CT molecular complexity index is 348.